The molecule has 2 aliphatic rings. The van der Waals surface area contributed by atoms with Gasteiger partial charge in [-0.15, -0.1) is 0 Å². The van der Waals surface area contributed by atoms with E-state index in [1.807, 2.05) is 23.1 Å². The zero-order valence-corrected chi connectivity index (χ0v) is 27.4. The number of amides is 2. The van der Waals surface area contributed by atoms with Gasteiger partial charge in [0.15, 0.2) is 5.84 Å². The molecular weight excluding hydrogens is 628 g/mol. The first-order valence-corrected chi connectivity index (χ1v) is 15.9. The monoisotopic (exact) mass is 667 g/mol. The Balaban J connectivity index is 1.19. The first-order valence-electron chi connectivity index (χ1n) is 15.9. The Bertz CT molecular complexity index is 1800. The third kappa shape index (κ3) is 9.18. The van der Waals surface area contributed by atoms with Gasteiger partial charge in [-0.3, -0.25) is 19.9 Å². The molecule has 0 unspecified atom stereocenters. The maximum absolute atomic E-state index is 15.1. The van der Waals surface area contributed by atoms with Gasteiger partial charge in [-0.1, -0.05) is 36.9 Å². The van der Waals surface area contributed by atoms with Gasteiger partial charge in [0.05, 0.1) is 24.5 Å². The minimum absolute atomic E-state index is 0.0102. The second-order valence-corrected chi connectivity index (χ2v) is 11.6. The number of ether oxygens (including phenoxy) is 1. The Labute approximate surface area is 284 Å². The van der Waals surface area contributed by atoms with E-state index in [0.717, 1.165) is 28.1 Å². The van der Waals surface area contributed by atoms with Crippen LogP contribution in [0.25, 0.3) is 5.57 Å². The highest BCUT2D eigenvalue weighted by Crippen LogP contribution is 2.27. The summed E-state index contributed by atoms with van der Waals surface area (Å²) in [4.78, 5) is 37.9. The second-order valence-electron chi connectivity index (χ2n) is 11.6. The van der Waals surface area contributed by atoms with Gasteiger partial charge in [-0.05, 0) is 72.7 Å². The summed E-state index contributed by atoms with van der Waals surface area (Å²) in [6, 6.07) is 16.5. The number of hydrazone groups is 1. The van der Waals surface area contributed by atoms with Crippen LogP contribution < -0.4 is 10.7 Å². The number of carbonyl (C=O) groups excluding carboxylic acids is 2. The van der Waals surface area contributed by atoms with Crippen LogP contribution in [0, 0.1) is 11.6 Å². The van der Waals surface area contributed by atoms with Crippen LogP contribution >= 0.6 is 0 Å². The Morgan fingerprint density at radius 1 is 1.12 bits per heavy atom. The van der Waals surface area contributed by atoms with Crippen LogP contribution in [0.2, 0.25) is 0 Å². The summed E-state index contributed by atoms with van der Waals surface area (Å²) in [5.74, 6) is -0.814. The standard InChI is InChI=1S/C37H39F2N7O3/c1-4-41-37(40-2)27-8-12-31(32(39)21-27)25-14-17-46(18-15-25)36(48)24-45(16-5-19-49-3)23-35(47)42-30-11-13-33-28(20-30)22-34(44-43-33)26-6-9-29(38)10-7-26/h4,6-14,20-21,43H,1-2,5,15-19,22-24H2,3H3,(H,42,47). The van der Waals surface area contributed by atoms with E-state index in [9.17, 15) is 14.0 Å². The smallest absolute Gasteiger partial charge is 0.238 e. The third-order valence-electron chi connectivity index (χ3n) is 8.28. The molecule has 2 N–H and O–H groups in total. The number of halogens is 2. The molecule has 2 aliphatic heterocycles. The lowest BCUT2D eigenvalue weighted by atomic mass is 9.97. The minimum atomic E-state index is -0.407. The molecule has 0 fully saturated rings. The molecule has 0 saturated carbocycles. The van der Waals surface area contributed by atoms with Crippen molar-refractivity contribution >= 4 is 47.0 Å². The Kier molecular flexibility index (Phi) is 11.9. The van der Waals surface area contributed by atoms with E-state index in [1.165, 1.54) is 24.4 Å². The van der Waals surface area contributed by atoms with Crippen molar-refractivity contribution in [3.63, 3.8) is 0 Å². The van der Waals surface area contributed by atoms with Crippen molar-refractivity contribution in [3.05, 3.63) is 113 Å². The number of amidine groups is 1. The summed E-state index contributed by atoms with van der Waals surface area (Å²) < 4.78 is 33.7. The topological polar surface area (TPSA) is 111 Å². The van der Waals surface area contributed by atoms with Crippen molar-refractivity contribution in [2.24, 2.45) is 15.1 Å². The van der Waals surface area contributed by atoms with Gasteiger partial charge in [-0.2, -0.15) is 5.10 Å². The normalized spacial score (nSPS) is 14.4. The fourth-order valence-electron chi connectivity index (χ4n) is 5.77. The Morgan fingerprint density at radius 2 is 1.94 bits per heavy atom. The molecule has 254 valence electrons. The van der Waals surface area contributed by atoms with Crippen LogP contribution in [-0.4, -0.2) is 86.3 Å². The predicted octanol–water partition coefficient (Wildman–Crippen LogP) is 5.52. The third-order valence-corrected chi connectivity index (χ3v) is 8.28. The van der Waals surface area contributed by atoms with Gasteiger partial charge >= 0.3 is 0 Å². The highest BCUT2D eigenvalue weighted by atomic mass is 19.1. The number of benzene rings is 3. The van der Waals surface area contributed by atoms with Crippen molar-refractivity contribution in [2.45, 2.75) is 19.3 Å². The van der Waals surface area contributed by atoms with Crippen LogP contribution in [0.3, 0.4) is 0 Å². The fourth-order valence-corrected chi connectivity index (χ4v) is 5.77. The number of aliphatic imine (C=N–C) groups is 2. The summed E-state index contributed by atoms with van der Waals surface area (Å²) >= 11 is 0. The maximum atomic E-state index is 15.1. The van der Waals surface area contributed by atoms with Crippen LogP contribution in [0.15, 0.2) is 94.6 Å². The van der Waals surface area contributed by atoms with Gasteiger partial charge in [0.1, 0.15) is 11.6 Å². The summed E-state index contributed by atoms with van der Waals surface area (Å²) in [7, 11) is 1.61. The molecule has 5 rings (SSSR count). The molecule has 3 aromatic rings. The average molecular weight is 668 g/mol. The van der Waals surface area contributed by atoms with Gasteiger partial charge < -0.3 is 15.0 Å². The molecule has 12 heteroatoms. The molecule has 0 saturated heterocycles. The van der Waals surface area contributed by atoms with E-state index in [4.69, 9.17) is 4.74 Å². The SMILES string of the molecule is C=CN=C(N=C)c1ccc(C2=CCN(C(=O)CN(CCCOC)CC(=O)Nc3ccc4c(c3)CC(c3ccc(F)cc3)=NN4)CC2)c(F)c1. The van der Waals surface area contributed by atoms with Gasteiger partial charge in [-0.25, -0.2) is 18.8 Å². The van der Waals surface area contributed by atoms with Crippen molar-refractivity contribution in [1.29, 1.82) is 0 Å². The highest BCUT2D eigenvalue weighted by Gasteiger charge is 2.23. The number of hydrogen-bond acceptors (Lipinski definition) is 7. The molecule has 0 atom stereocenters. The minimum Gasteiger partial charge on any atom is -0.385 e. The summed E-state index contributed by atoms with van der Waals surface area (Å²) in [6.45, 7) is 8.82. The number of anilines is 2. The first kappa shape index (κ1) is 35.0. The van der Waals surface area contributed by atoms with E-state index in [0.29, 0.717) is 62.3 Å². The number of hydrogen-bond donors (Lipinski definition) is 2. The van der Waals surface area contributed by atoms with Gasteiger partial charge in [0, 0.05) is 62.8 Å². The fraction of sp³-hybridized carbons (Fsp3) is 0.270. The lowest BCUT2D eigenvalue weighted by molar-refractivity contribution is -0.132. The number of carbonyl (C=O) groups is 2. The highest BCUT2D eigenvalue weighted by molar-refractivity contribution is 6.04. The predicted molar refractivity (Wildman–Crippen MR) is 190 cm³/mol. The van der Waals surface area contributed by atoms with Crippen LogP contribution in [0.1, 0.15) is 35.1 Å². The average Bonchev–Trinajstić information content (AvgIpc) is 3.10. The van der Waals surface area contributed by atoms with Crippen molar-refractivity contribution in [1.82, 2.24) is 9.80 Å². The zero-order valence-electron chi connectivity index (χ0n) is 27.4. The maximum Gasteiger partial charge on any atom is 0.238 e. The Hall–Kier alpha value is -5.33. The van der Waals surface area contributed by atoms with E-state index in [2.05, 4.69) is 39.1 Å². The van der Waals surface area contributed by atoms with Crippen LogP contribution in [0.4, 0.5) is 20.2 Å². The molecule has 2 heterocycles. The molecule has 49 heavy (non-hydrogen) atoms. The lowest BCUT2D eigenvalue weighted by Crippen LogP contribution is -2.44. The van der Waals surface area contributed by atoms with Crippen LogP contribution in [0.5, 0.6) is 0 Å². The first-order chi connectivity index (χ1) is 23.8. The quantitative estimate of drug-likeness (QED) is 0.142. The Morgan fingerprint density at radius 3 is 2.63 bits per heavy atom. The number of methoxy groups -OCH3 is 1. The summed E-state index contributed by atoms with van der Waals surface area (Å²) in [6.07, 6.45) is 4.83. The number of fused-ring (bicyclic) bond motifs is 1. The molecule has 0 spiro atoms. The van der Waals surface area contributed by atoms with E-state index in [-0.39, 0.29) is 36.6 Å². The van der Waals surface area contributed by atoms with E-state index in [1.54, 1.807) is 42.3 Å². The number of nitrogens with one attached hydrogen (secondary N) is 2. The van der Waals surface area contributed by atoms with Gasteiger partial charge in [0.2, 0.25) is 11.8 Å². The molecule has 3 aromatic carbocycles. The van der Waals surface area contributed by atoms with Crippen molar-refractivity contribution in [3.8, 4) is 0 Å². The lowest BCUT2D eigenvalue weighted by Gasteiger charge is -2.30. The largest absolute Gasteiger partial charge is 0.385 e. The molecule has 2 amide bonds. The number of rotatable bonds is 13. The molecule has 0 aromatic heterocycles. The molecular formula is C37H39F2N7O3. The second kappa shape index (κ2) is 16.7. The van der Waals surface area contributed by atoms with Gasteiger partial charge in [0.25, 0.3) is 0 Å². The van der Waals surface area contributed by atoms with E-state index >= 15 is 4.39 Å². The molecule has 0 bridgehead atoms. The summed E-state index contributed by atoms with van der Waals surface area (Å²) in [5.41, 5.74) is 8.76. The molecule has 0 radical (unpaired) electrons. The number of nitrogens with zero attached hydrogens (tertiary/aromatic N) is 5. The van der Waals surface area contributed by atoms with Crippen molar-refractivity contribution < 1.29 is 23.1 Å². The van der Waals surface area contributed by atoms with Crippen LogP contribution in [-0.2, 0) is 20.7 Å². The molecule has 10 nitrogen and oxygen atoms in total. The molecule has 0 aliphatic carbocycles. The van der Waals surface area contributed by atoms with E-state index < -0.39 is 5.82 Å². The van der Waals surface area contributed by atoms with Crippen molar-refractivity contribution in [2.75, 3.05) is 57.2 Å². The zero-order chi connectivity index (χ0) is 34.8. The summed E-state index contributed by atoms with van der Waals surface area (Å²) in [5, 5.41) is 7.37.